The lowest BCUT2D eigenvalue weighted by Gasteiger charge is -2.23. The van der Waals surface area contributed by atoms with Gasteiger partial charge in [0.05, 0.1) is 10.0 Å². The molecule has 108 valence electrons. The lowest BCUT2D eigenvalue weighted by atomic mass is 10.1. The largest absolute Gasteiger partial charge is 0.369 e. The molecule has 0 fully saturated rings. The highest BCUT2D eigenvalue weighted by molar-refractivity contribution is 6.37. The van der Waals surface area contributed by atoms with E-state index in [2.05, 4.69) is 36.0 Å². The molecule has 0 aromatic carbocycles. The van der Waals surface area contributed by atoms with E-state index in [1.54, 1.807) is 6.07 Å². The van der Waals surface area contributed by atoms with Gasteiger partial charge in [0.15, 0.2) is 0 Å². The number of rotatable bonds is 7. The number of aromatic nitrogens is 1. The topological polar surface area (TPSA) is 28.2 Å². The van der Waals surface area contributed by atoms with Crippen LogP contribution in [-0.2, 0) is 0 Å². The molecule has 1 aromatic rings. The van der Waals surface area contributed by atoms with Crippen LogP contribution >= 0.6 is 23.2 Å². The van der Waals surface area contributed by atoms with Crippen LogP contribution in [-0.4, -0.2) is 25.1 Å². The van der Waals surface area contributed by atoms with Crippen molar-refractivity contribution in [1.82, 2.24) is 4.98 Å². The summed E-state index contributed by atoms with van der Waals surface area (Å²) in [4.78, 5) is 6.63. The van der Waals surface area contributed by atoms with E-state index in [1.807, 2.05) is 7.05 Å². The third-order valence-corrected chi connectivity index (χ3v) is 3.66. The van der Waals surface area contributed by atoms with Crippen molar-refractivity contribution in [2.75, 3.05) is 30.4 Å². The molecule has 1 atom stereocenters. The van der Waals surface area contributed by atoms with Crippen molar-refractivity contribution in [1.29, 1.82) is 0 Å². The van der Waals surface area contributed by atoms with Gasteiger partial charge in [-0.15, -0.1) is 0 Å². The molecule has 0 aliphatic heterocycles. The maximum absolute atomic E-state index is 6.24. The highest BCUT2D eigenvalue weighted by atomic mass is 35.5. The van der Waals surface area contributed by atoms with Crippen LogP contribution in [0.15, 0.2) is 6.07 Å². The molecular weight excluding hydrogens is 281 g/mol. The molecule has 0 spiro atoms. The number of hydrogen-bond donors (Lipinski definition) is 1. The Hall–Kier alpha value is -0.670. The van der Waals surface area contributed by atoms with E-state index in [0.29, 0.717) is 21.8 Å². The molecule has 0 aliphatic carbocycles. The first-order chi connectivity index (χ1) is 8.99. The average Bonchev–Trinajstić information content (AvgIpc) is 2.37. The first-order valence-electron chi connectivity index (χ1n) is 6.80. The Balaban J connectivity index is 2.92. The molecule has 1 rings (SSSR count). The van der Waals surface area contributed by atoms with Crippen LogP contribution < -0.4 is 10.2 Å². The van der Waals surface area contributed by atoms with Gasteiger partial charge in [-0.3, -0.25) is 0 Å². The van der Waals surface area contributed by atoms with Gasteiger partial charge >= 0.3 is 0 Å². The predicted octanol–water partition coefficient (Wildman–Crippen LogP) is 4.69. The van der Waals surface area contributed by atoms with Crippen LogP contribution in [0.3, 0.4) is 0 Å². The summed E-state index contributed by atoms with van der Waals surface area (Å²) in [5, 5.41) is 4.39. The molecule has 1 unspecified atom stereocenters. The van der Waals surface area contributed by atoms with E-state index < -0.39 is 0 Å². The normalized spacial score (nSPS) is 12.3. The predicted molar refractivity (Wildman–Crippen MR) is 85.8 cm³/mol. The third kappa shape index (κ3) is 4.73. The summed E-state index contributed by atoms with van der Waals surface area (Å²) < 4.78 is 0. The summed E-state index contributed by atoms with van der Waals surface area (Å²) in [6.07, 6.45) is 2.16. The number of nitrogens with zero attached hydrogens (tertiary/aromatic N) is 2. The van der Waals surface area contributed by atoms with Gasteiger partial charge in [-0.1, -0.05) is 50.4 Å². The number of halogens is 2. The molecular formula is C14H23Cl2N3. The lowest BCUT2D eigenvalue weighted by Crippen LogP contribution is -2.25. The van der Waals surface area contributed by atoms with Gasteiger partial charge in [0.2, 0.25) is 0 Å². The first-order valence-corrected chi connectivity index (χ1v) is 7.56. The monoisotopic (exact) mass is 303 g/mol. The van der Waals surface area contributed by atoms with Gasteiger partial charge in [-0.05, 0) is 18.4 Å². The zero-order valence-electron chi connectivity index (χ0n) is 12.1. The second-order valence-corrected chi connectivity index (χ2v) is 5.76. The molecule has 1 aromatic heterocycles. The van der Waals surface area contributed by atoms with Gasteiger partial charge in [0, 0.05) is 20.1 Å². The van der Waals surface area contributed by atoms with Crippen molar-refractivity contribution in [3.05, 3.63) is 16.1 Å². The Kier molecular flexibility index (Phi) is 6.73. The van der Waals surface area contributed by atoms with Gasteiger partial charge in [-0.25, -0.2) is 4.98 Å². The zero-order chi connectivity index (χ0) is 14.4. The second kappa shape index (κ2) is 7.81. The Morgan fingerprint density at radius 3 is 2.58 bits per heavy atom. The Morgan fingerprint density at radius 2 is 2.00 bits per heavy atom. The van der Waals surface area contributed by atoms with Crippen LogP contribution in [0.4, 0.5) is 11.6 Å². The number of pyridine rings is 1. The molecule has 0 saturated carbocycles. The summed E-state index contributed by atoms with van der Waals surface area (Å²) in [6.45, 7) is 8.29. The van der Waals surface area contributed by atoms with Crippen molar-refractivity contribution in [2.24, 2.45) is 5.92 Å². The minimum Gasteiger partial charge on any atom is -0.369 e. The molecule has 19 heavy (non-hydrogen) atoms. The van der Waals surface area contributed by atoms with Crippen LogP contribution in [0.2, 0.25) is 10.0 Å². The highest BCUT2D eigenvalue weighted by Crippen LogP contribution is 2.31. The minimum absolute atomic E-state index is 0.569. The molecule has 0 amide bonds. The first kappa shape index (κ1) is 16.4. The van der Waals surface area contributed by atoms with E-state index in [9.17, 15) is 0 Å². The van der Waals surface area contributed by atoms with Gasteiger partial charge in [0.1, 0.15) is 11.6 Å². The SMILES string of the molecule is CCCNc1nc(N(C)CC(C)CC)c(Cl)cc1Cl. The van der Waals surface area contributed by atoms with Crippen molar-refractivity contribution in [3.8, 4) is 0 Å². The van der Waals surface area contributed by atoms with Crippen molar-refractivity contribution >= 4 is 34.8 Å². The van der Waals surface area contributed by atoms with Gasteiger partial charge in [0.25, 0.3) is 0 Å². The number of nitrogens with one attached hydrogen (secondary N) is 1. The van der Waals surface area contributed by atoms with E-state index >= 15 is 0 Å². The Bertz CT molecular complexity index is 410. The Labute approximate surface area is 126 Å². The van der Waals surface area contributed by atoms with E-state index in [1.165, 1.54) is 0 Å². The summed E-state index contributed by atoms with van der Waals surface area (Å²) in [5.74, 6) is 2.09. The number of hydrogen-bond acceptors (Lipinski definition) is 3. The van der Waals surface area contributed by atoms with Crippen molar-refractivity contribution < 1.29 is 0 Å². The smallest absolute Gasteiger partial charge is 0.149 e. The fraction of sp³-hybridized carbons (Fsp3) is 0.643. The third-order valence-electron chi connectivity index (χ3n) is 3.10. The highest BCUT2D eigenvalue weighted by Gasteiger charge is 2.14. The average molecular weight is 304 g/mol. The van der Waals surface area contributed by atoms with E-state index in [0.717, 1.165) is 31.7 Å². The van der Waals surface area contributed by atoms with E-state index in [-0.39, 0.29) is 0 Å². The molecule has 1 N–H and O–H groups in total. The van der Waals surface area contributed by atoms with Crippen molar-refractivity contribution in [2.45, 2.75) is 33.6 Å². The van der Waals surface area contributed by atoms with Gasteiger partial charge in [-0.2, -0.15) is 0 Å². The molecule has 3 nitrogen and oxygen atoms in total. The van der Waals surface area contributed by atoms with E-state index in [4.69, 9.17) is 23.2 Å². The Morgan fingerprint density at radius 1 is 1.32 bits per heavy atom. The maximum atomic E-state index is 6.24. The van der Waals surface area contributed by atoms with Crippen molar-refractivity contribution in [3.63, 3.8) is 0 Å². The fourth-order valence-corrected chi connectivity index (χ4v) is 2.34. The molecule has 5 heteroatoms. The minimum atomic E-state index is 0.569. The van der Waals surface area contributed by atoms with Gasteiger partial charge < -0.3 is 10.2 Å². The molecule has 0 bridgehead atoms. The molecule has 0 radical (unpaired) electrons. The zero-order valence-corrected chi connectivity index (χ0v) is 13.6. The summed E-state index contributed by atoms with van der Waals surface area (Å²) >= 11 is 12.4. The molecule has 0 aliphatic rings. The lowest BCUT2D eigenvalue weighted by molar-refractivity contribution is 0.558. The van der Waals surface area contributed by atoms with Crippen LogP contribution in [0.25, 0.3) is 0 Å². The summed E-state index contributed by atoms with van der Waals surface area (Å²) in [5.41, 5.74) is 0. The number of anilines is 2. The van der Waals surface area contributed by atoms with Crippen LogP contribution in [0.1, 0.15) is 33.6 Å². The standard InChI is InChI=1S/C14H23Cl2N3/c1-5-7-17-13-11(15)8-12(16)14(18-13)19(4)9-10(3)6-2/h8,10H,5-7,9H2,1-4H3,(H,17,18). The summed E-state index contributed by atoms with van der Waals surface area (Å²) in [6, 6.07) is 1.76. The fourth-order valence-electron chi connectivity index (χ4n) is 1.78. The summed E-state index contributed by atoms with van der Waals surface area (Å²) in [7, 11) is 2.01. The quantitative estimate of drug-likeness (QED) is 0.792. The second-order valence-electron chi connectivity index (χ2n) is 4.94. The van der Waals surface area contributed by atoms with Crippen LogP contribution in [0.5, 0.6) is 0 Å². The van der Waals surface area contributed by atoms with Crippen LogP contribution in [0, 0.1) is 5.92 Å². The maximum Gasteiger partial charge on any atom is 0.149 e. The molecule has 1 heterocycles. The molecule has 0 saturated heterocycles.